The Hall–Kier alpha value is -1.57. The molecule has 1 amide bonds. The Morgan fingerprint density at radius 1 is 1.30 bits per heavy atom. The van der Waals surface area contributed by atoms with E-state index >= 15 is 0 Å². The highest BCUT2D eigenvalue weighted by Gasteiger charge is 2.26. The minimum absolute atomic E-state index is 0.185. The van der Waals surface area contributed by atoms with E-state index in [1.807, 2.05) is 24.0 Å². The molecule has 1 unspecified atom stereocenters. The number of nitrogens with zero attached hydrogens (tertiary/aromatic N) is 3. The Morgan fingerprint density at radius 3 is 2.40 bits per heavy atom. The molecule has 0 aliphatic carbocycles. The van der Waals surface area contributed by atoms with Crippen LogP contribution in [0.5, 0.6) is 0 Å². The van der Waals surface area contributed by atoms with E-state index < -0.39 is 0 Å². The lowest BCUT2D eigenvalue weighted by Crippen LogP contribution is -2.49. The minimum atomic E-state index is -0.272. The molecule has 106 valence electrons. The standard InChI is InChI=1S/C15H18ClN3O/c1-2-15(20)19-9-7-18(8-10-19)14(11-17)12-3-5-13(16)6-4-12/h3-6,14H,2,7-10H2,1H3. The number of piperazine rings is 1. The number of benzene rings is 1. The van der Waals surface area contributed by atoms with E-state index in [9.17, 15) is 10.1 Å². The molecule has 1 saturated heterocycles. The molecule has 0 saturated carbocycles. The van der Waals surface area contributed by atoms with Crippen molar-refractivity contribution >= 4 is 17.5 Å². The van der Waals surface area contributed by atoms with Crippen LogP contribution in [0.1, 0.15) is 24.9 Å². The van der Waals surface area contributed by atoms with Gasteiger partial charge in [0.25, 0.3) is 0 Å². The molecule has 5 heteroatoms. The Balaban J connectivity index is 2.02. The fourth-order valence-electron chi connectivity index (χ4n) is 2.47. The molecule has 0 spiro atoms. The maximum absolute atomic E-state index is 11.6. The fraction of sp³-hybridized carbons (Fsp3) is 0.467. The molecule has 1 atom stereocenters. The highest BCUT2D eigenvalue weighted by atomic mass is 35.5. The van der Waals surface area contributed by atoms with Gasteiger partial charge in [0.05, 0.1) is 6.07 Å². The third-order valence-corrected chi connectivity index (χ3v) is 3.89. The Bertz CT molecular complexity index is 501. The van der Waals surface area contributed by atoms with Crippen molar-refractivity contribution in [1.82, 2.24) is 9.80 Å². The van der Waals surface area contributed by atoms with E-state index in [1.165, 1.54) is 0 Å². The van der Waals surface area contributed by atoms with Crippen LogP contribution >= 0.6 is 11.6 Å². The SMILES string of the molecule is CCC(=O)N1CCN(C(C#N)c2ccc(Cl)cc2)CC1. The molecule has 4 nitrogen and oxygen atoms in total. The smallest absolute Gasteiger partial charge is 0.222 e. The molecule has 1 aromatic carbocycles. The highest BCUT2D eigenvalue weighted by Crippen LogP contribution is 2.23. The van der Waals surface area contributed by atoms with E-state index in [4.69, 9.17) is 11.6 Å². The van der Waals surface area contributed by atoms with E-state index in [1.54, 1.807) is 12.1 Å². The monoisotopic (exact) mass is 291 g/mol. The molecule has 1 aromatic rings. The number of carbonyl (C=O) groups is 1. The molecule has 1 aliphatic heterocycles. The van der Waals surface area contributed by atoms with E-state index in [-0.39, 0.29) is 11.9 Å². The zero-order chi connectivity index (χ0) is 14.5. The van der Waals surface area contributed by atoms with Gasteiger partial charge in [0.15, 0.2) is 0 Å². The van der Waals surface area contributed by atoms with Crippen molar-refractivity contribution in [3.8, 4) is 6.07 Å². The van der Waals surface area contributed by atoms with Crippen LogP contribution in [0.4, 0.5) is 0 Å². The number of amides is 1. The van der Waals surface area contributed by atoms with Crippen LogP contribution in [0.3, 0.4) is 0 Å². The Morgan fingerprint density at radius 2 is 1.90 bits per heavy atom. The molecule has 1 aliphatic rings. The fourth-order valence-corrected chi connectivity index (χ4v) is 2.59. The van der Waals surface area contributed by atoms with Crippen molar-refractivity contribution in [3.05, 3.63) is 34.9 Å². The topological polar surface area (TPSA) is 47.3 Å². The summed E-state index contributed by atoms with van der Waals surface area (Å²) < 4.78 is 0. The second kappa shape index (κ2) is 6.74. The average Bonchev–Trinajstić information content (AvgIpc) is 2.50. The van der Waals surface area contributed by atoms with Gasteiger partial charge in [0, 0.05) is 37.6 Å². The maximum Gasteiger partial charge on any atom is 0.222 e. The lowest BCUT2D eigenvalue weighted by molar-refractivity contribution is -0.132. The molecule has 20 heavy (non-hydrogen) atoms. The van der Waals surface area contributed by atoms with Gasteiger partial charge in [0.1, 0.15) is 6.04 Å². The second-order valence-corrected chi connectivity index (χ2v) is 5.29. The molecule has 0 radical (unpaired) electrons. The van der Waals surface area contributed by atoms with Gasteiger partial charge in [-0.1, -0.05) is 30.7 Å². The summed E-state index contributed by atoms with van der Waals surface area (Å²) in [6, 6.07) is 9.46. The van der Waals surface area contributed by atoms with Crippen molar-refractivity contribution in [3.63, 3.8) is 0 Å². The van der Waals surface area contributed by atoms with Crippen LogP contribution in [0.15, 0.2) is 24.3 Å². The van der Waals surface area contributed by atoms with Crippen molar-refractivity contribution in [1.29, 1.82) is 5.26 Å². The van der Waals surface area contributed by atoms with Crippen LogP contribution in [0, 0.1) is 11.3 Å². The van der Waals surface area contributed by atoms with Crippen molar-refractivity contribution in [2.75, 3.05) is 26.2 Å². The number of carbonyl (C=O) groups excluding carboxylic acids is 1. The van der Waals surface area contributed by atoms with Gasteiger partial charge in [-0.05, 0) is 17.7 Å². The lowest BCUT2D eigenvalue weighted by Gasteiger charge is -2.37. The van der Waals surface area contributed by atoms with E-state index in [2.05, 4.69) is 11.0 Å². The number of hydrogen-bond acceptors (Lipinski definition) is 3. The molecule has 0 aromatic heterocycles. The normalized spacial score (nSPS) is 17.6. The molecule has 1 heterocycles. The van der Waals surface area contributed by atoms with Gasteiger partial charge >= 0.3 is 0 Å². The van der Waals surface area contributed by atoms with Crippen LogP contribution in [0.25, 0.3) is 0 Å². The summed E-state index contributed by atoms with van der Waals surface area (Å²) in [5.41, 5.74) is 0.951. The molecular formula is C15H18ClN3O. The Kier molecular flexibility index (Phi) is 4.99. The first-order valence-electron chi connectivity index (χ1n) is 6.82. The van der Waals surface area contributed by atoms with Crippen LogP contribution in [-0.2, 0) is 4.79 Å². The largest absolute Gasteiger partial charge is 0.340 e. The van der Waals surface area contributed by atoms with Crippen LogP contribution < -0.4 is 0 Å². The highest BCUT2D eigenvalue weighted by molar-refractivity contribution is 6.30. The Labute approximate surface area is 124 Å². The zero-order valence-corrected chi connectivity index (χ0v) is 12.3. The van der Waals surface area contributed by atoms with E-state index in [0.29, 0.717) is 24.5 Å². The third-order valence-electron chi connectivity index (χ3n) is 3.64. The predicted molar refractivity (Wildman–Crippen MR) is 78.3 cm³/mol. The molecular weight excluding hydrogens is 274 g/mol. The number of halogens is 1. The first kappa shape index (κ1) is 14.8. The third kappa shape index (κ3) is 3.30. The summed E-state index contributed by atoms with van der Waals surface area (Å²) >= 11 is 5.87. The van der Waals surface area contributed by atoms with Gasteiger partial charge in [-0.15, -0.1) is 0 Å². The molecule has 2 rings (SSSR count). The second-order valence-electron chi connectivity index (χ2n) is 4.85. The summed E-state index contributed by atoms with van der Waals surface area (Å²) in [5.74, 6) is 0.185. The summed E-state index contributed by atoms with van der Waals surface area (Å²) in [6.45, 7) is 4.72. The molecule has 0 bridgehead atoms. The maximum atomic E-state index is 11.6. The van der Waals surface area contributed by atoms with Gasteiger partial charge < -0.3 is 4.90 Å². The molecule has 1 fully saturated rings. The number of nitriles is 1. The van der Waals surface area contributed by atoms with Gasteiger partial charge in [-0.25, -0.2) is 0 Å². The summed E-state index contributed by atoms with van der Waals surface area (Å²) in [7, 11) is 0. The first-order chi connectivity index (χ1) is 9.65. The summed E-state index contributed by atoms with van der Waals surface area (Å²) in [5, 5.41) is 10.1. The van der Waals surface area contributed by atoms with Crippen LogP contribution in [-0.4, -0.2) is 41.9 Å². The van der Waals surface area contributed by atoms with Crippen molar-refractivity contribution < 1.29 is 4.79 Å². The number of hydrogen-bond donors (Lipinski definition) is 0. The summed E-state index contributed by atoms with van der Waals surface area (Å²) in [6.07, 6.45) is 0.541. The average molecular weight is 292 g/mol. The van der Waals surface area contributed by atoms with E-state index in [0.717, 1.165) is 18.7 Å². The zero-order valence-electron chi connectivity index (χ0n) is 11.6. The predicted octanol–water partition coefficient (Wildman–Crippen LogP) is 2.46. The first-order valence-corrected chi connectivity index (χ1v) is 7.20. The van der Waals surface area contributed by atoms with Gasteiger partial charge in [-0.2, -0.15) is 5.26 Å². The summed E-state index contributed by atoms with van der Waals surface area (Å²) in [4.78, 5) is 15.6. The van der Waals surface area contributed by atoms with Gasteiger partial charge in [-0.3, -0.25) is 9.69 Å². The molecule has 0 N–H and O–H groups in total. The number of rotatable bonds is 3. The van der Waals surface area contributed by atoms with Crippen LogP contribution in [0.2, 0.25) is 5.02 Å². The lowest BCUT2D eigenvalue weighted by atomic mass is 10.1. The van der Waals surface area contributed by atoms with Crippen molar-refractivity contribution in [2.24, 2.45) is 0 Å². The minimum Gasteiger partial charge on any atom is -0.340 e. The van der Waals surface area contributed by atoms with Gasteiger partial charge in [0.2, 0.25) is 5.91 Å². The quantitative estimate of drug-likeness (QED) is 0.859. The van der Waals surface area contributed by atoms with Crippen molar-refractivity contribution in [2.45, 2.75) is 19.4 Å².